The van der Waals surface area contributed by atoms with Crippen LogP contribution < -0.4 is 5.32 Å². The fourth-order valence-electron chi connectivity index (χ4n) is 1.93. The number of hydrogen-bond acceptors (Lipinski definition) is 3. The highest BCUT2D eigenvalue weighted by atomic mass is 16.5. The van der Waals surface area contributed by atoms with Gasteiger partial charge in [0.1, 0.15) is 0 Å². The molecule has 0 aliphatic carbocycles. The van der Waals surface area contributed by atoms with E-state index in [1.54, 1.807) is 0 Å². The quantitative estimate of drug-likeness (QED) is 0.815. The number of esters is 1. The Hall–Kier alpha value is -1.51. The molecule has 0 spiro atoms. The van der Waals surface area contributed by atoms with Gasteiger partial charge in [0.05, 0.1) is 12.5 Å². The monoisotopic (exact) mass is 249 g/mol. The van der Waals surface area contributed by atoms with Gasteiger partial charge in [0, 0.05) is 12.2 Å². The summed E-state index contributed by atoms with van der Waals surface area (Å²) >= 11 is 0. The van der Waals surface area contributed by atoms with E-state index in [-0.39, 0.29) is 5.97 Å². The number of methoxy groups -OCH3 is 1. The van der Waals surface area contributed by atoms with Crippen molar-refractivity contribution in [3.63, 3.8) is 0 Å². The summed E-state index contributed by atoms with van der Waals surface area (Å²) in [5.41, 5.74) is 3.09. The van der Waals surface area contributed by atoms with Crippen molar-refractivity contribution < 1.29 is 9.53 Å². The van der Waals surface area contributed by atoms with Gasteiger partial charge in [-0.05, 0) is 38.3 Å². The fraction of sp³-hybridized carbons (Fsp3) is 0.533. The van der Waals surface area contributed by atoms with Crippen LogP contribution in [0, 0.1) is 12.3 Å². The molecule has 0 fully saturated rings. The van der Waals surface area contributed by atoms with Gasteiger partial charge in [-0.1, -0.05) is 25.1 Å². The second kappa shape index (κ2) is 5.89. The Morgan fingerprint density at radius 3 is 2.61 bits per heavy atom. The smallest absolute Gasteiger partial charge is 0.313 e. The molecule has 3 nitrogen and oxygen atoms in total. The van der Waals surface area contributed by atoms with E-state index < -0.39 is 5.41 Å². The van der Waals surface area contributed by atoms with Crippen molar-refractivity contribution in [3.05, 3.63) is 29.3 Å². The van der Waals surface area contributed by atoms with Crippen LogP contribution in [-0.2, 0) is 16.0 Å². The molecule has 3 heteroatoms. The van der Waals surface area contributed by atoms with Crippen LogP contribution in [0.1, 0.15) is 31.9 Å². The maximum atomic E-state index is 11.6. The predicted molar refractivity (Wildman–Crippen MR) is 74.8 cm³/mol. The van der Waals surface area contributed by atoms with Crippen molar-refractivity contribution >= 4 is 11.7 Å². The van der Waals surface area contributed by atoms with Crippen LogP contribution in [0.3, 0.4) is 0 Å². The highest BCUT2D eigenvalue weighted by Crippen LogP contribution is 2.24. The van der Waals surface area contributed by atoms with Crippen molar-refractivity contribution in [2.24, 2.45) is 5.41 Å². The van der Waals surface area contributed by atoms with Gasteiger partial charge in [0.15, 0.2) is 0 Å². The summed E-state index contributed by atoms with van der Waals surface area (Å²) in [5.74, 6) is -0.193. The molecule has 0 radical (unpaired) electrons. The first-order valence-electron chi connectivity index (χ1n) is 6.33. The van der Waals surface area contributed by atoms with Gasteiger partial charge in [-0.2, -0.15) is 0 Å². The standard InChI is InChI=1S/C15H23NO2/c1-6-12-9-7-8-11(2)13(12)16-10-15(3,4)14(17)18-5/h7-9,16H,6,10H2,1-5H3. The average molecular weight is 249 g/mol. The molecule has 1 aromatic carbocycles. The molecule has 1 N–H and O–H groups in total. The lowest BCUT2D eigenvalue weighted by Gasteiger charge is -2.24. The Labute approximate surface area is 110 Å². The van der Waals surface area contributed by atoms with E-state index in [1.807, 2.05) is 13.8 Å². The summed E-state index contributed by atoms with van der Waals surface area (Å²) in [6, 6.07) is 6.25. The van der Waals surface area contributed by atoms with Gasteiger partial charge in [-0.25, -0.2) is 0 Å². The largest absolute Gasteiger partial charge is 0.469 e. The topological polar surface area (TPSA) is 38.3 Å². The van der Waals surface area contributed by atoms with Crippen LogP contribution in [-0.4, -0.2) is 19.6 Å². The zero-order valence-electron chi connectivity index (χ0n) is 12.0. The predicted octanol–water partition coefficient (Wildman–Crippen LogP) is 3.17. The minimum absolute atomic E-state index is 0.193. The molecule has 18 heavy (non-hydrogen) atoms. The normalized spacial score (nSPS) is 11.2. The number of nitrogens with one attached hydrogen (secondary N) is 1. The van der Waals surface area contributed by atoms with Crippen molar-refractivity contribution in [2.45, 2.75) is 34.1 Å². The Kier molecular flexibility index (Phi) is 4.76. The van der Waals surface area contributed by atoms with Gasteiger partial charge < -0.3 is 10.1 Å². The molecule has 0 atom stereocenters. The van der Waals surface area contributed by atoms with Crippen molar-refractivity contribution in [2.75, 3.05) is 19.0 Å². The molecule has 0 aliphatic rings. The van der Waals surface area contributed by atoms with E-state index in [0.29, 0.717) is 6.54 Å². The summed E-state index contributed by atoms with van der Waals surface area (Å²) < 4.78 is 4.81. The minimum atomic E-state index is -0.526. The van der Waals surface area contributed by atoms with Gasteiger partial charge >= 0.3 is 5.97 Å². The van der Waals surface area contributed by atoms with Crippen molar-refractivity contribution in [3.8, 4) is 0 Å². The lowest BCUT2D eigenvalue weighted by Crippen LogP contribution is -2.33. The number of ether oxygens (including phenoxy) is 1. The molecule has 1 rings (SSSR count). The number of hydrogen-bond donors (Lipinski definition) is 1. The maximum absolute atomic E-state index is 11.6. The molecule has 0 aliphatic heterocycles. The van der Waals surface area contributed by atoms with Crippen LogP contribution in [0.2, 0.25) is 0 Å². The number of anilines is 1. The minimum Gasteiger partial charge on any atom is -0.469 e. The zero-order valence-corrected chi connectivity index (χ0v) is 12.0. The molecule has 0 saturated heterocycles. The summed E-state index contributed by atoms with van der Waals surface area (Å²) in [4.78, 5) is 11.6. The number of carbonyl (C=O) groups excluding carboxylic acids is 1. The van der Waals surface area contributed by atoms with Crippen LogP contribution in [0.15, 0.2) is 18.2 Å². The maximum Gasteiger partial charge on any atom is 0.313 e. The third-order valence-corrected chi connectivity index (χ3v) is 3.19. The molecular weight excluding hydrogens is 226 g/mol. The lowest BCUT2D eigenvalue weighted by molar-refractivity contribution is -0.149. The van der Waals surface area contributed by atoms with E-state index in [1.165, 1.54) is 18.2 Å². The molecule has 100 valence electrons. The molecule has 1 aromatic rings. The van der Waals surface area contributed by atoms with Crippen molar-refractivity contribution in [1.29, 1.82) is 0 Å². The Bertz CT molecular complexity index is 425. The SMILES string of the molecule is CCc1cccc(C)c1NCC(C)(C)C(=O)OC. The summed E-state index contributed by atoms with van der Waals surface area (Å²) in [7, 11) is 1.43. The molecule has 0 saturated carbocycles. The fourth-order valence-corrected chi connectivity index (χ4v) is 1.93. The highest BCUT2D eigenvalue weighted by molar-refractivity contribution is 5.76. The first-order valence-corrected chi connectivity index (χ1v) is 6.33. The summed E-state index contributed by atoms with van der Waals surface area (Å²) in [5, 5.41) is 3.39. The summed E-state index contributed by atoms with van der Waals surface area (Å²) in [6.45, 7) is 8.54. The Morgan fingerprint density at radius 2 is 2.06 bits per heavy atom. The van der Waals surface area contributed by atoms with Crippen LogP contribution in [0.25, 0.3) is 0 Å². The number of rotatable bonds is 5. The Morgan fingerprint density at radius 1 is 1.39 bits per heavy atom. The van der Waals surface area contributed by atoms with E-state index in [4.69, 9.17) is 4.74 Å². The average Bonchev–Trinajstić information content (AvgIpc) is 2.35. The first kappa shape index (κ1) is 14.6. The molecule has 0 heterocycles. The second-order valence-corrected chi connectivity index (χ2v) is 5.19. The number of carbonyl (C=O) groups is 1. The van der Waals surface area contributed by atoms with E-state index in [0.717, 1.165) is 12.1 Å². The van der Waals surface area contributed by atoms with Gasteiger partial charge in [-0.3, -0.25) is 4.79 Å². The summed E-state index contributed by atoms with van der Waals surface area (Å²) in [6.07, 6.45) is 0.975. The first-order chi connectivity index (χ1) is 8.42. The molecule has 0 amide bonds. The van der Waals surface area contributed by atoms with E-state index in [2.05, 4.69) is 37.4 Å². The molecule has 0 bridgehead atoms. The van der Waals surface area contributed by atoms with Crippen LogP contribution in [0.4, 0.5) is 5.69 Å². The lowest BCUT2D eigenvalue weighted by atomic mass is 9.93. The highest BCUT2D eigenvalue weighted by Gasteiger charge is 2.28. The third-order valence-electron chi connectivity index (χ3n) is 3.19. The van der Waals surface area contributed by atoms with Gasteiger partial charge in [0.2, 0.25) is 0 Å². The molecular formula is C15H23NO2. The zero-order chi connectivity index (χ0) is 13.8. The van der Waals surface area contributed by atoms with E-state index in [9.17, 15) is 4.79 Å². The van der Waals surface area contributed by atoms with E-state index >= 15 is 0 Å². The number of aryl methyl sites for hydroxylation is 2. The van der Waals surface area contributed by atoms with Gasteiger partial charge in [0.25, 0.3) is 0 Å². The van der Waals surface area contributed by atoms with Crippen LogP contribution in [0.5, 0.6) is 0 Å². The second-order valence-electron chi connectivity index (χ2n) is 5.19. The molecule has 0 aromatic heterocycles. The third kappa shape index (κ3) is 3.25. The van der Waals surface area contributed by atoms with Crippen LogP contribution >= 0.6 is 0 Å². The van der Waals surface area contributed by atoms with Crippen molar-refractivity contribution in [1.82, 2.24) is 0 Å². The van der Waals surface area contributed by atoms with Gasteiger partial charge in [-0.15, -0.1) is 0 Å². The molecule has 0 unspecified atom stereocenters. The number of para-hydroxylation sites is 1. The Balaban J connectivity index is 2.83. The number of benzene rings is 1.